The number of nitrogens with zero attached hydrogens (tertiary/aromatic N) is 2. The van der Waals surface area contributed by atoms with E-state index in [0.717, 1.165) is 5.57 Å². The lowest BCUT2D eigenvalue weighted by molar-refractivity contribution is 0.289. The Bertz CT molecular complexity index is 402. The average molecular weight is 204 g/mol. The van der Waals surface area contributed by atoms with E-state index in [-0.39, 0.29) is 0 Å². The standard InChI is InChI=1S/C11H12N2O2/c1-9-4-5-11(12-7-14,13-8-15)10(2,3)6-9/h4-6H,1-3H3. The van der Waals surface area contributed by atoms with Gasteiger partial charge in [0.05, 0.1) is 0 Å². The number of aliphatic imine (C=N–C) groups is 2. The monoisotopic (exact) mass is 204 g/mol. The van der Waals surface area contributed by atoms with Crippen molar-refractivity contribution in [3.63, 3.8) is 0 Å². The van der Waals surface area contributed by atoms with Crippen molar-refractivity contribution in [2.24, 2.45) is 15.4 Å². The van der Waals surface area contributed by atoms with Gasteiger partial charge in [-0.15, -0.1) is 0 Å². The molecule has 0 amide bonds. The summed E-state index contributed by atoms with van der Waals surface area (Å²) in [6.07, 6.45) is 8.22. The van der Waals surface area contributed by atoms with E-state index in [2.05, 4.69) is 9.98 Å². The molecule has 0 aliphatic heterocycles. The molecule has 0 saturated heterocycles. The Balaban J connectivity index is 3.39. The number of carbonyl (C=O) groups excluding carboxylic acids is 2. The Morgan fingerprint density at radius 3 is 2.13 bits per heavy atom. The van der Waals surface area contributed by atoms with Gasteiger partial charge in [-0.2, -0.15) is 9.98 Å². The van der Waals surface area contributed by atoms with E-state index in [1.807, 2.05) is 26.8 Å². The van der Waals surface area contributed by atoms with E-state index in [0.29, 0.717) is 0 Å². The third-order valence-corrected chi connectivity index (χ3v) is 2.55. The number of hydrogen-bond donors (Lipinski definition) is 0. The van der Waals surface area contributed by atoms with Gasteiger partial charge in [-0.3, -0.25) is 0 Å². The van der Waals surface area contributed by atoms with Gasteiger partial charge in [0.1, 0.15) is 0 Å². The zero-order chi connectivity index (χ0) is 11.5. The molecule has 78 valence electrons. The van der Waals surface area contributed by atoms with Gasteiger partial charge in [0, 0.05) is 5.41 Å². The summed E-state index contributed by atoms with van der Waals surface area (Å²) in [7, 11) is 0. The summed E-state index contributed by atoms with van der Waals surface area (Å²) in [6.45, 7) is 5.63. The van der Waals surface area contributed by atoms with Gasteiger partial charge in [-0.1, -0.05) is 31.6 Å². The van der Waals surface area contributed by atoms with Crippen LogP contribution in [0.15, 0.2) is 33.8 Å². The van der Waals surface area contributed by atoms with Gasteiger partial charge in [0.15, 0.2) is 0 Å². The molecular weight excluding hydrogens is 192 g/mol. The molecule has 0 unspecified atom stereocenters. The molecule has 4 heteroatoms. The van der Waals surface area contributed by atoms with Crippen LogP contribution in [0, 0.1) is 5.41 Å². The van der Waals surface area contributed by atoms with E-state index in [9.17, 15) is 9.59 Å². The van der Waals surface area contributed by atoms with Crippen molar-refractivity contribution in [2.75, 3.05) is 0 Å². The van der Waals surface area contributed by atoms with E-state index >= 15 is 0 Å². The van der Waals surface area contributed by atoms with E-state index in [1.165, 1.54) is 12.2 Å². The van der Waals surface area contributed by atoms with Gasteiger partial charge in [-0.25, -0.2) is 9.59 Å². The first-order valence-electron chi connectivity index (χ1n) is 4.54. The third kappa shape index (κ3) is 1.86. The number of allylic oxidation sites excluding steroid dienone is 2. The molecule has 1 aliphatic carbocycles. The first kappa shape index (κ1) is 11.3. The van der Waals surface area contributed by atoms with Crippen LogP contribution in [0.4, 0.5) is 0 Å². The first-order valence-corrected chi connectivity index (χ1v) is 4.54. The van der Waals surface area contributed by atoms with Crippen molar-refractivity contribution >= 4 is 12.2 Å². The number of isocyanates is 2. The topological polar surface area (TPSA) is 58.9 Å². The maximum atomic E-state index is 10.4. The van der Waals surface area contributed by atoms with Crippen LogP contribution in [0.1, 0.15) is 20.8 Å². The lowest BCUT2D eigenvalue weighted by Crippen LogP contribution is -2.39. The molecule has 15 heavy (non-hydrogen) atoms. The fourth-order valence-corrected chi connectivity index (χ4v) is 1.71. The molecule has 0 N–H and O–H groups in total. The summed E-state index contributed by atoms with van der Waals surface area (Å²) in [5, 5.41) is 0. The predicted molar refractivity (Wildman–Crippen MR) is 55.7 cm³/mol. The van der Waals surface area contributed by atoms with Crippen LogP contribution in [0.2, 0.25) is 0 Å². The minimum Gasteiger partial charge on any atom is -0.211 e. The third-order valence-electron chi connectivity index (χ3n) is 2.55. The molecule has 0 fully saturated rings. The minimum absolute atomic E-state index is 0.541. The largest absolute Gasteiger partial charge is 0.237 e. The second kappa shape index (κ2) is 3.77. The number of hydrogen-bond acceptors (Lipinski definition) is 4. The maximum Gasteiger partial charge on any atom is 0.237 e. The quantitative estimate of drug-likeness (QED) is 0.509. The molecule has 0 radical (unpaired) electrons. The van der Waals surface area contributed by atoms with Crippen molar-refractivity contribution in [1.29, 1.82) is 0 Å². The Kier molecular flexibility index (Phi) is 2.85. The molecule has 0 spiro atoms. The zero-order valence-corrected chi connectivity index (χ0v) is 8.94. The highest BCUT2D eigenvalue weighted by Gasteiger charge is 2.44. The van der Waals surface area contributed by atoms with Gasteiger partial charge >= 0.3 is 0 Å². The molecule has 0 aromatic rings. The smallest absolute Gasteiger partial charge is 0.211 e. The van der Waals surface area contributed by atoms with Gasteiger partial charge in [0.2, 0.25) is 17.8 Å². The van der Waals surface area contributed by atoms with Crippen LogP contribution < -0.4 is 0 Å². The second-order valence-corrected chi connectivity index (χ2v) is 4.08. The molecule has 4 nitrogen and oxygen atoms in total. The van der Waals surface area contributed by atoms with Crippen molar-refractivity contribution in [3.8, 4) is 0 Å². The van der Waals surface area contributed by atoms with Gasteiger partial charge in [-0.05, 0) is 13.0 Å². The highest BCUT2D eigenvalue weighted by molar-refractivity contribution is 5.46. The fraction of sp³-hybridized carbons (Fsp3) is 0.455. The van der Waals surface area contributed by atoms with Crippen molar-refractivity contribution in [1.82, 2.24) is 0 Å². The molecule has 0 atom stereocenters. The minimum atomic E-state index is -1.20. The lowest BCUT2D eigenvalue weighted by atomic mass is 9.74. The summed E-state index contributed by atoms with van der Waals surface area (Å²) in [5.74, 6) is 0. The maximum absolute atomic E-state index is 10.4. The molecule has 1 aliphatic rings. The van der Waals surface area contributed by atoms with Gasteiger partial charge < -0.3 is 0 Å². The molecule has 0 saturated carbocycles. The molecule has 0 heterocycles. The highest BCUT2D eigenvalue weighted by Crippen LogP contribution is 2.41. The van der Waals surface area contributed by atoms with Crippen LogP contribution in [0.3, 0.4) is 0 Å². The number of rotatable bonds is 2. The highest BCUT2D eigenvalue weighted by atomic mass is 16.1. The summed E-state index contributed by atoms with van der Waals surface area (Å²) >= 11 is 0. The summed E-state index contributed by atoms with van der Waals surface area (Å²) in [6, 6.07) is 0. The Labute approximate surface area is 88.1 Å². The molecule has 1 rings (SSSR count). The molecule has 0 aromatic carbocycles. The summed E-state index contributed by atoms with van der Waals surface area (Å²) < 4.78 is 0. The van der Waals surface area contributed by atoms with E-state index < -0.39 is 11.1 Å². The SMILES string of the molecule is CC1=CC(C)(C)C(N=C=O)(N=C=O)C=C1. The zero-order valence-electron chi connectivity index (χ0n) is 8.94. The Morgan fingerprint density at radius 2 is 1.73 bits per heavy atom. The Hall–Kier alpha value is -1.76. The van der Waals surface area contributed by atoms with Crippen LogP contribution >= 0.6 is 0 Å². The lowest BCUT2D eigenvalue weighted by Gasteiger charge is -2.36. The van der Waals surface area contributed by atoms with E-state index in [4.69, 9.17) is 0 Å². The summed E-state index contributed by atoms with van der Waals surface area (Å²) in [5.41, 5.74) is -0.700. The van der Waals surface area contributed by atoms with Crippen LogP contribution in [0.25, 0.3) is 0 Å². The molecule has 0 bridgehead atoms. The molecular formula is C11H12N2O2. The second-order valence-electron chi connectivity index (χ2n) is 4.08. The van der Waals surface area contributed by atoms with Crippen LogP contribution in [-0.4, -0.2) is 17.8 Å². The van der Waals surface area contributed by atoms with Gasteiger partial charge in [0.25, 0.3) is 0 Å². The predicted octanol–water partition coefficient (Wildman–Crippen LogP) is 1.90. The van der Waals surface area contributed by atoms with Crippen LogP contribution in [-0.2, 0) is 9.59 Å². The summed E-state index contributed by atoms with van der Waals surface area (Å²) in [4.78, 5) is 28.0. The van der Waals surface area contributed by atoms with E-state index in [1.54, 1.807) is 12.2 Å². The molecule has 0 aromatic heterocycles. The normalized spacial score (nSPS) is 27.3. The average Bonchev–Trinajstić information content (AvgIpc) is 2.12. The Morgan fingerprint density at radius 1 is 1.20 bits per heavy atom. The first-order chi connectivity index (χ1) is 6.97. The fourth-order valence-electron chi connectivity index (χ4n) is 1.71. The van der Waals surface area contributed by atoms with Crippen LogP contribution in [0.5, 0.6) is 0 Å². The van der Waals surface area contributed by atoms with Crippen molar-refractivity contribution in [2.45, 2.75) is 26.4 Å². The van der Waals surface area contributed by atoms with Crippen molar-refractivity contribution in [3.05, 3.63) is 23.8 Å². The van der Waals surface area contributed by atoms with Crippen molar-refractivity contribution < 1.29 is 9.59 Å².